The minimum atomic E-state index is -0.953. The monoisotopic (exact) mass is 332 g/mol. The van der Waals surface area contributed by atoms with Gasteiger partial charge in [-0.3, -0.25) is 0 Å². The molecule has 0 saturated heterocycles. The molecule has 0 saturated carbocycles. The lowest BCUT2D eigenvalue weighted by molar-refractivity contribution is 0.0696. The molecule has 0 fully saturated rings. The smallest absolute Gasteiger partial charge is 0.335 e. The van der Waals surface area contributed by atoms with Crippen LogP contribution in [0, 0.1) is 5.82 Å². The van der Waals surface area contributed by atoms with Gasteiger partial charge in [-0.25, -0.2) is 9.18 Å². The molecule has 4 heteroatoms. The Labute approximate surface area is 143 Å². The maximum absolute atomic E-state index is 14.1. The Bertz CT molecular complexity index is 1040. The van der Waals surface area contributed by atoms with Crippen molar-refractivity contribution >= 4 is 5.97 Å². The van der Waals surface area contributed by atoms with E-state index in [4.69, 9.17) is 4.74 Å². The third kappa shape index (κ3) is 1.98. The Morgan fingerprint density at radius 2 is 1.56 bits per heavy atom. The number of halogens is 1. The van der Waals surface area contributed by atoms with Crippen LogP contribution in [-0.4, -0.2) is 11.1 Å². The molecule has 0 spiro atoms. The summed E-state index contributed by atoms with van der Waals surface area (Å²) >= 11 is 0. The Balaban J connectivity index is 1.63. The second-order valence-electron chi connectivity index (χ2n) is 6.37. The van der Waals surface area contributed by atoms with E-state index in [0.717, 1.165) is 27.8 Å². The maximum atomic E-state index is 14.1. The summed E-state index contributed by atoms with van der Waals surface area (Å²) in [6.45, 7) is 0. The minimum absolute atomic E-state index is 0.174. The van der Waals surface area contributed by atoms with Gasteiger partial charge in [0.05, 0.1) is 5.56 Å². The van der Waals surface area contributed by atoms with E-state index in [1.165, 1.54) is 6.07 Å². The Morgan fingerprint density at radius 1 is 0.880 bits per heavy atom. The van der Waals surface area contributed by atoms with Gasteiger partial charge in [-0.15, -0.1) is 0 Å². The lowest BCUT2D eigenvalue weighted by atomic mass is 9.84. The summed E-state index contributed by atoms with van der Waals surface area (Å²) in [4.78, 5) is 11.2. The highest BCUT2D eigenvalue weighted by Gasteiger charge is 2.43. The second-order valence-corrected chi connectivity index (χ2v) is 6.37. The fourth-order valence-electron chi connectivity index (χ4n) is 3.84. The lowest BCUT2D eigenvalue weighted by Gasteiger charge is -2.17. The molecule has 0 radical (unpaired) electrons. The Morgan fingerprint density at radius 3 is 2.32 bits per heavy atom. The molecule has 25 heavy (non-hydrogen) atoms. The second kappa shape index (κ2) is 5.01. The summed E-state index contributed by atoms with van der Waals surface area (Å²) in [6.07, 6.45) is -0.464. The van der Waals surface area contributed by atoms with E-state index >= 15 is 0 Å². The minimum Gasteiger partial charge on any atom is -0.478 e. The molecule has 1 N–H and O–H groups in total. The molecule has 3 aromatic carbocycles. The molecular weight excluding hydrogens is 319 g/mol. The van der Waals surface area contributed by atoms with Crippen LogP contribution in [0.3, 0.4) is 0 Å². The first kappa shape index (κ1) is 14.4. The van der Waals surface area contributed by atoms with Crippen molar-refractivity contribution in [3.8, 4) is 11.1 Å². The first-order valence-electron chi connectivity index (χ1n) is 8.05. The van der Waals surface area contributed by atoms with Crippen LogP contribution in [0.25, 0.3) is 11.1 Å². The van der Waals surface area contributed by atoms with Crippen LogP contribution < -0.4 is 0 Å². The van der Waals surface area contributed by atoms with E-state index in [1.54, 1.807) is 24.3 Å². The topological polar surface area (TPSA) is 46.5 Å². The summed E-state index contributed by atoms with van der Waals surface area (Å²) in [5, 5.41) is 9.22. The largest absolute Gasteiger partial charge is 0.478 e. The molecule has 0 aromatic heterocycles. The average Bonchev–Trinajstić information content (AvgIpc) is 3.18. The van der Waals surface area contributed by atoms with Gasteiger partial charge in [0, 0.05) is 5.56 Å². The van der Waals surface area contributed by atoms with Crippen LogP contribution in [0.15, 0.2) is 60.7 Å². The van der Waals surface area contributed by atoms with Crippen molar-refractivity contribution < 1.29 is 19.0 Å². The number of ether oxygens (including phenoxy) is 1. The van der Waals surface area contributed by atoms with Gasteiger partial charge in [-0.1, -0.05) is 36.4 Å². The number of carboxylic acids is 1. The number of aromatic carboxylic acids is 1. The summed E-state index contributed by atoms with van der Waals surface area (Å²) in [5.74, 6) is -1.22. The van der Waals surface area contributed by atoms with Crippen LogP contribution in [0.5, 0.6) is 0 Å². The average molecular weight is 332 g/mol. The highest BCUT2D eigenvalue weighted by atomic mass is 19.1. The molecule has 122 valence electrons. The number of carboxylic acid groups (broad SMARTS) is 1. The molecule has 5 rings (SSSR count). The first-order chi connectivity index (χ1) is 12.1. The zero-order valence-corrected chi connectivity index (χ0v) is 13.1. The van der Waals surface area contributed by atoms with Crippen molar-refractivity contribution in [3.05, 3.63) is 94.3 Å². The molecule has 2 aliphatic rings. The van der Waals surface area contributed by atoms with Gasteiger partial charge in [0.2, 0.25) is 0 Å². The summed E-state index contributed by atoms with van der Waals surface area (Å²) < 4.78 is 20.2. The van der Waals surface area contributed by atoms with Gasteiger partial charge in [-0.05, 0) is 52.1 Å². The van der Waals surface area contributed by atoms with Crippen LogP contribution in [0.1, 0.15) is 44.8 Å². The molecule has 2 bridgehead atoms. The lowest BCUT2D eigenvalue weighted by Crippen LogP contribution is -2.06. The number of fused-ring (bicyclic) bond motifs is 8. The van der Waals surface area contributed by atoms with E-state index in [2.05, 4.69) is 0 Å². The van der Waals surface area contributed by atoms with Crippen LogP contribution in [-0.2, 0) is 4.74 Å². The molecule has 0 aliphatic carbocycles. The molecule has 3 nitrogen and oxygen atoms in total. The van der Waals surface area contributed by atoms with Gasteiger partial charge in [0.15, 0.2) is 0 Å². The van der Waals surface area contributed by atoms with Crippen molar-refractivity contribution in [3.63, 3.8) is 0 Å². The molecule has 0 amide bonds. The third-order valence-corrected chi connectivity index (χ3v) is 5.01. The number of hydrogen-bond acceptors (Lipinski definition) is 2. The quantitative estimate of drug-likeness (QED) is 0.739. The molecule has 2 unspecified atom stereocenters. The maximum Gasteiger partial charge on any atom is 0.335 e. The highest BCUT2D eigenvalue weighted by molar-refractivity contribution is 5.88. The summed E-state index contributed by atoms with van der Waals surface area (Å²) in [5.41, 5.74) is 5.56. The van der Waals surface area contributed by atoms with Gasteiger partial charge in [0.25, 0.3) is 0 Å². The van der Waals surface area contributed by atoms with Crippen molar-refractivity contribution in [2.75, 3.05) is 0 Å². The zero-order valence-electron chi connectivity index (χ0n) is 13.1. The van der Waals surface area contributed by atoms with E-state index < -0.39 is 5.97 Å². The van der Waals surface area contributed by atoms with Gasteiger partial charge < -0.3 is 9.84 Å². The molecule has 2 aliphatic heterocycles. The van der Waals surface area contributed by atoms with Crippen molar-refractivity contribution in [2.45, 2.75) is 12.2 Å². The molecular formula is C21H13FO3. The summed E-state index contributed by atoms with van der Waals surface area (Å²) in [6, 6.07) is 17.6. The van der Waals surface area contributed by atoms with E-state index in [0.29, 0.717) is 5.56 Å². The van der Waals surface area contributed by atoms with Crippen molar-refractivity contribution in [1.29, 1.82) is 0 Å². The Hall–Kier alpha value is -2.98. The molecule has 3 aromatic rings. The molecule has 2 heterocycles. The highest BCUT2D eigenvalue weighted by Crippen LogP contribution is 2.54. The number of benzene rings is 3. The fourth-order valence-corrected chi connectivity index (χ4v) is 3.84. The van der Waals surface area contributed by atoms with Gasteiger partial charge in [-0.2, -0.15) is 0 Å². The van der Waals surface area contributed by atoms with Gasteiger partial charge in [0.1, 0.15) is 18.0 Å². The van der Waals surface area contributed by atoms with E-state index in [9.17, 15) is 14.3 Å². The number of rotatable bonds is 2. The predicted octanol–water partition coefficient (Wildman–Crippen LogP) is 4.71. The standard InChI is InChI=1S/C21H13FO3/c22-18-4-2-1-3-13(18)11-5-7-14-16(9-11)20-17-10-12(21(23)24)6-8-15(17)19(14)25-20/h1-10,19-20H,(H,23,24). The van der Waals surface area contributed by atoms with Crippen LogP contribution >= 0.6 is 0 Å². The van der Waals surface area contributed by atoms with Crippen molar-refractivity contribution in [2.24, 2.45) is 0 Å². The van der Waals surface area contributed by atoms with Gasteiger partial charge >= 0.3 is 5.97 Å². The first-order valence-corrected chi connectivity index (χ1v) is 8.05. The van der Waals surface area contributed by atoms with Crippen molar-refractivity contribution in [1.82, 2.24) is 0 Å². The zero-order chi connectivity index (χ0) is 17.1. The predicted molar refractivity (Wildman–Crippen MR) is 90.0 cm³/mol. The Kier molecular flexibility index (Phi) is 2.88. The number of hydrogen-bond donors (Lipinski definition) is 1. The summed E-state index contributed by atoms with van der Waals surface area (Å²) in [7, 11) is 0. The van der Waals surface area contributed by atoms with Crippen LogP contribution in [0.2, 0.25) is 0 Å². The third-order valence-electron chi connectivity index (χ3n) is 5.01. The SMILES string of the molecule is O=C(O)c1ccc2c(c1)C1OC2c2ccc(-c3ccccc3F)cc21. The number of carbonyl (C=O) groups is 1. The fraction of sp³-hybridized carbons (Fsp3) is 0.0952. The van der Waals surface area contributed by atoms with E-state index in [1.807, 2.05) is 30.3 Å². The van der Waals surface area contributed by atoms with Crippen LogP contribution in [0.4, 0.5) is 4.39 Å². The van der Waals surface area contributed by atoms with E-state index in [-0.39, 0.29) is 23.6 Å². The normalized spacial score (nSPS) is 19.6. The molecule has 2 atom stereocenters.